The van der Waals surface area contributed by atoms with Gasteiger partial charge in [0.15, 0.2) is 0 Å². The molecule has 0 aliphatic carbocycles. The number of hydrogen-bond donors (Lipinski definition) is 1. The number of hydrogen-bond acceptors (Lipinski definition) is 3. The van der Waals surface area contributed by atoms with Crippen LogP contribution in [0.5, 0.6) is 11.5 Å². The molecule has 2 atom stereocenters. The van der Waals surface area contributed by atoms with Gasteiger partial charge in [-0.05, 0) is 58.7 Å². The van der Waals surface area contributed by atoms with Crippen LogP contribution in [0.4, 0.5) is 4.39 Å². The summed E-state index contributed by atoms with van der Waals surface area (Å²) in [5.41, 5.74) is 4.15. The average molecular weight is 348 g/mol. The van der Waals surface area contributed by atoms with Crippen molar-refractivity contribution >= 4 is 5.97 Å². The maximum Gasteiger partial charge on any atom is 0.335 e. The van der Waals surface area contributed by atoms with Crippen molar-refractivity contribution < 1.29 is 23.8 Å². The van der Waals surface area contributed by atoms with Gasteiger partial charge in [-0.1, -0.05) is 18.2 Å². The Morgan fingerprint density at radius 2 is 1.58 bits per heavy atom. The van der Waals surface area contributed by atoms with Crippen molar-refractivity contribution in [3.05, 3.63) is 94.3 Å². The Labute approximate surface area is 148 Å². The number of benzene rings is 3. The molecule has 2 aliphatic heterocycles. The van der Waals surface area contributed by atoms with Gasteiger partial charge in [0.25, 0.3) is 0 Å². The van der Waals surface area contributed by atoms with Gasteiger partial charge in [-0.2, -0.15) is 0 Å². The van der Waals surface area contributed by atoms with E-state index in [1.165, 1.54) is 12.1 Å². The molecule has 0 saturated heterocycles. The molecule has 0 spiro atoms. The Morgan fingerprint density at radius 1 is 0.885 bits per heavy atom. The molecule has 1 N–H and O–H groups in total. The smallest absolute Gasteiger partial charge is 0.335 e. The Morgan fingerprint density at radius 3 is 2.31 bits per heavy atom. The first kappa shape index (κ1) is 15.1. The fourth-order valence-electron chi connectivity index (χ4n) is 3.69. The van der Waals surface area contributed by atoms with Crippen LogP contribution in [0.2, 0.25) is 0 Å². The van der Waals surface area contributed by atoms with Crippen LogP contribution in [0.1, 0.15) is 44.8 Å². The number of fused-ring (bicyclic) bond motifs is 8. The quantitative estimate of drug-likeness (QED) is 0.736. The lowest BCUT2D eigenvalue weighted by Gasteiger charge is -2.17. The van der Waals surface area contributed by atoms with E-state index in [1.807, 2.05) is 24.3 Å². The van der Waals surface area contributed by atoms with Gasteiger partial charge < -0.3 is 14.6 Å². The zero-order valence-corrected chi connectivity index (χ0v) is 13.5. The van der Waals surface area contributed by atoms with E-state index in [2.05, 4.69) is 0 Å². The third kappa shape index (κ3) is 2.21. The molecule has 0 fully saturated rings. The van der Waals surface area contributed by atoms with Crippen LogP contribution in [0.25, 0.3) is 0 Å². The predicted molar refractivity (Wildman–Crippen MR) is 91.1 cm³/mol. The van der Waals surface area contributed by atoms with Crippen LogP contribution in [-0.4, -0.2) is 11.1 Å². The van der Waals surface area contributed by atoms with E-state index in [4.69, 9.17) is 9.47 Å². The van der Waals surface area contributed by atoms with Crippen LogP contribution in [0.3, 0.4) is 0 Å². The van der Waals surface area contributed by atoms with Gasteiger partial charge in [0.05, 0.1) is 5.56 Å². The van der Waals surface area contributed by atoms with E-state index in [1.54, 1.807) is 24.3 Å². The Balaban J connectivity index is 1.50. The molecular formula is C21H13FO4. The van der Waals surface area contributed by atoms with Crippen molar-refractivity contribution in [2.75, 3.05) is 0 Å². The highest BCUT2D eigenvalue weighted by Crippen LogP contribution is 2.55. The molecule has 0 saturated carbocycles. The molecule has 0 amide bonds. The molecule has 3 aromatic carbocycles. The average Bonchev–Trinajstić information content (AvgIpc) is 3.18. The van der Waals surface area contributed by atoms with Crippen molar-refractivity contribution in [2.45, 2.75) is 12.2 Å². The number of halogens is 1. The van der Waals surface area contributed by atoms with Crippen LogP contribution in [0, 0.1) is 5.82 Å². The van der Waals surface area contributed by atoms with Crippen molar-refractivity contribution in [1.82, 2.24) is 0 Å². The molecule has 26 heavy (non-hydrogen) atoms. The first-order chi connectivity index (χ1) is 12.6. The Bertz CT molecular complexity index is 1060. The number of carboxylic acid groups (broad SMARTS) is 1. The van der Waals surface area contributed by atoms with Crippen molar-refractivity contribution in [3.8, 4) is 11.5 Å². The van der Waals surface area contributed by atoms with Gasteiger partial charge in [0.1, 0.15) is 29.5 Å². The zero-order valence-electron chi connectivity index (χ0n) is 13.5. The fourth-order valence-corrected chi connectivity index (χ4v) is 3.69. The Hall–Kier alpha value is -3.18. The number of ether oxygens (including phenoxy) is 2. The molecule has 5 heteroatoms. The molecule has 0 radical (unpaired) electrons. The van der Waals surface area contributed by atoms with Gasteiger partial charge in [-0.25, -0.2) is 9.18 Å². The SMILES string of the molecule is O=C(O)c1ccc2c(c1)[C@@H]1O[C@H]2c2cc(Oc3cccc(F)c3)ccc21. The molecule has 5 rings (SSSR count). The van der Waals surface area contributed by atoms with E-state index in [0.29, 0.717) is 11.5 Å². The topological polar surface area (TPSA) is 55.8 Å². The third-order valence-electron chi connectivity index (χ3n) is 4.83. The number of carbonyl (C=O) groups is 1. The lowest BCUT2D eigenvalue weighted by Crippen LogP contribution is -2.06. The highest BCUT2D eigenvalue weighted by molar-refractivity contribution is 5.88. The van der Waals surface area contributed by atoms with E-state index >= 15 is 0 Å². The van der Waals surface area contributed by atoms with Gasteiger partial charge >= 0.3 is 5.97 Å². The monoisotopic (exact) mass is 348 g/mol. The molecule has 2 aliphatic rings. The van der Waals surface area contributed by atoms with Gasteiger partial charge in [0.2, 0.25) is 0 Å². The molecule has 128 valence electrons. The molecule has 2 bridgehead atoms. The molecular weight excluding hydrogens is 335 g/mol. The molecule has 2 heterocycles. The van der Waals surface area contributed by atoms with Gasteiger partial charge in [-0.3, -0.25) is 0 Å². The van der Waals surface area contributed by atoms with Crippen LogP contribution < -0.4 is 4.74 Å². The highest BCUT2D eigenvalue weighted by Gasteiger charge is 2.43. The van der Waals surface area contributed by atoms with Crippen molar-refractivity contribution in [2.24, 2.45) is 0 Å². The summed E-state index contributed by atoms with van der Waals surface area (Å²) in [6.07, 6.45) is -0.489. The largest absolute Gasteiger partial charge is 0.478 e. The lowest BCUT2D eigenvalue weighted by molar-refractivity contribution is 0.0696. The zero-order chi connectivity index (χ0) is 17.8. The minimum Gasteiger partial charge on any atom is -0.478 e. The van der Waals surface area contributed by atoms with Crippen molar-refractivity contribution in [3.63, 3.8) is 0 Å². The second kappa shape index (κ2) is 5.41. The molecule has 0 aromatic heterocycles. The summed E-state index contributed by atoms with van der Waals surface area (Å²) in [5, 5.41) is 9.19. The number of carboxylic acids is 1. The van der Waals surface area contributed by atoms with Crippen LogP contribution >= 0.6 is 0 Å². The third-order valence-corrected chi connectivity index (χ3v) is 4.83. The second-order valence-electron chi connectivity index (χ2n) is 6.40. The first-order valence-electron chi connectivity index (χ1n) is 8.20. The summed E-state index contributed by atoms with van der Waals surface area (Å²) < 4.78 is 25.1. The second-order valence-corrected chi connectivity index (χ2v) is 6.40. The predicted octanol–water partition coefficient (Wildman–Crippen LogP) is 4.84. The van der Waals surface area contributed by atoms with E-state index in [0.717, 1.165) is 22.3 Å². The number of aromatic carboxylic acids is 1. The summed E-state index contributed by atoms with van der Waals surface area (Å²) in [6.45, 7) is 0. The fraction of sp³-hybridized carbons (Fsp3) is 0.0952. The summed E-state index contributed by atoms with van der Waals surface area (Å²) in [7, 11) is 0. The summed E-state index contributed by atoms with van der Waals surface area (Å²) in [4.78, 5) is 11.2. The lowest BCUT2D eigenvalue weighted by atomic mass is 9.85. The standard InChI is InChI=1S/C21H13FO4/c22-12-2-1-3-13(9-12)25-14-5-7-16-18(10-14)20-15-6-4-11(21(23)24)8-17(15)19(16)26-20/h1-10,19-20H,(H,23,24)/t19-,20-/m1/s1. The summed E-state index contributed by atoms with van der Waals surface area (Å²) >= 11 is 0. The summed E-state index contributed by atoms with van der Waals surface area (Å²) in [6, 6.07) is 16.7. The normalized spacial score (nSPS) is 19.1. The minimum atomic E-state index is -0.949. The maximum absolute atomic E-state index is 13.3. The molecule has 0 unspecified atom stereocenters. The van der Waals surface area contributed by atoms with E-state index in [-0.39, 0.29) is 23.6 Å². The van der Waals surface area contributed by atoms with Crippen molar-refractivity contribution in [1.29, 1.82) is 0 Å². The molecule has 3 aromatic rings. The van der Waals surface area contributed by atoms with Crippen LogP contribution in [-0.2, 0) is 4.74 Å². The summed E-state index contributed by atoms with van der Waals surface area (Å²) in [5.74, 6) is -0.265. The number of rotatable bonds is 3. The van der Waals surface area contributed by atoms with E-state index < -0.39 is 5.97 Å². The van der Waals surface area contributed by atoms with Crippen LogP contribution in [0.15, 0.2) is 60.7 Å². The first-order valence-corrected chi connectivity index (χ1v) is 8.20. The van der Waals surface area contributed by atoms with E-state index in [9.17, 15) is 14.3 Å². The minimum absolute atomic E-state index is 0.232. The van der Waals surface area contributed by atoms with Gasteiger partial charge in [-0.15, -0.1) is 0 Å². The van der Waals surface area contributed by atoms with Gasteiger partial charge in [0, 0.05) is 6.07 Å². The highest BCUT2D eigenvalue weighted by atomic mass is 19.1. The maximum atomic E-state index is 13.3. The Kier molecular flexibility index (Phi) is 3.14. The molecule has 4 nitrogen and oxygen atoms in total.